The summed E-state index contributed by atoms with van der Waals surface area (Å²) in [6.45, 7) is 1.86. The molecule has 1 rings (SSSR count). The number of esters is 1. The van der Waals surface area contributed by atoms with Crippen LogP contribution in [0.3, 0.4) is 0 Å². The zero-order valence-electron chi connectivity index (χ0n) is 14.7. The van der Waals surface area contributed by atoms with Gasteiger partial charge < -0.3 is 19.5 Å². The Morgan fingerprint density at radius 1 is 1.08 bits per heavy atom. The molecule has 0 fully saturated rings. The minimum Gasteiger partial charge on any atom is -0.493 e. The largest absolute Gasteiger partial charge is 0.493 e. The molecule has 8 nitrogen and oxygen atoms in total. The van der Waals surface area contributed by atoms with Gasteiger partial charge in [0.25, 0.3) is 5.91 Å². The predicted molar refractivity (Wildman–Crippen MR) is 90.7 cm³/mol. The summed E-state index contributed by atoms with van der Waals surface area (Å²) >= 11 is 0. The summed E-state index contributed by atoms with van der Waals surface area (Å²) < 4.78 is 15.2. The van der Waals surface area contributed by atoms with Gasteiger partial charge in [-0.05, 0) is 30.5 Å². The van der Waals surface area contributed by atoms with Gasteiger partial charge in [-0.1, -0.05) is 13.0 Å². The topological polar surface area (TPSA) is 103 Å². The minimum atomic E-state index is -0.673. The van der Waals surface area contributed by atoms with Gasteiger partial charge in [-0.15, -0.1) is 0 Å². The maximum atomic E-state index is 11.7. The van der Waals surface area contributed by atoms with E-state index in [-0.39, 0.29) is 6.42 Å². The Labute approximate surface area is 146 Å². The zero-order chi connectivity index (χ0) is 18.7. The Hall–Kier alpha value is -2.77. The average molecular weight is 352 g/mol. The lowest BCUT2D eigenvalue weighted by molar-refractivity contribution is -0.148. The Bertz CT molecular complexity index is 603. The molecule has 3 amide bonds. The molecule has 0 aliphatic rings. The number of carbonyl (C=O) groups excluding carboxylic acids is 3. The van der Waals surface area contributed by atoms with E-state index in [1.165, 1.54) is 7.11 Å². The van der Waals surface area contributed by atoms with E-state index >= 15 is 0 Å². The van der Waals surface area contributed by atoms with Crippen molar-refractivity contribution in [2.45, 2.75) is 26.2 Å². The molecule has 1 aromatic rings. The molecule has 0 saturated carbocycles. The fourth-order valence-electron chi connectivity index (χ4n) is 1.95. The summed E-state index contributed by atoms with van der Waals surface area (Å²) in [6.07, 6.45) is 1.29. The van der Waals surface area contributed by atoms with Crippen molar-refractivity contribution in [1.82, 2.24) is 10.6 Å². The predicted octanol–water partition coefficient (Wildman–Crippen LogP) is 1.42. The van der Waals surface area contributed by atoms with Crippen molar-refractivity contribution in [2.24, 2.45) is 0 Å². The van der Waals surface area contributed by atoms with E-state index in [0.29, 0.717) is 24.5 Å². The highest BCUT2D eigenvalue weighted by atomic mass is 16.5. The van der Waals surface area contributed by atoms with Gasteiger partial charge >= 0.3 is 12.0 Å². The molecule has 0 aromatic heterocycles. The van der Waals surface area contributed by atoms with Crippen molar-refractivity contribution in [3.63, 3.8) is 0 Å². The molecule has 25 heavy (non-hydrogen) atoms. The number of carbonyl (C=O) groups is 3. The third-order valence-electron chi connectivity index (χ3n) is 3.22. The number of amides is 3. The van der Waals surface area contributed by atoms with Crippen LogP contribution in [-0.4, -0.2) is 45.3 Å². The zero-order valence-corrected chi connectivity index (χ0v) is 14.7. The standard InChI is InChI=1S/C17H24N2O6/c1-4-9-18-17(22)19-15(20)11-25-16(21)8-6-12-5-7-13(23-2)14(10-12)24-3/h5,7,10H,4,6,8-9,11H2,1-3H3,(H2,18,19,20,22). The molecule has 0 radical (unpaired) electrons. The van der Waals surface area contributed by atoms with Crippen molar-refractivity contribution < 1.29 is 28.6 Å². The molecule has 0 unspecified atom stereocenters. The van der Waals surface area contributed by atoms with E-state index in [1.807, 2.05) is 13.0 Å². The normalized spacial score (nSPS) is 9.88. The first-order valence-electron chi connectivity index (χ1n) is 7.94. The van der Waals surface area contributed by atoms with E-state index in [0.717, 1.165) is 12.0 Å². The lowest BCUT2D eigenvalue weighted by Gasteiger charge is -2.09. The quantitative estimate of drug-likeness (QED) is 0.652. The molecule has 0 aliphatic carbocycles. The molecule has 8 heteroatoms. The highest BCUT2D eigenvalue weighted by Crippen LogP contribution is 2.27. The number of urea groups is 1. The Kier molecular flexibility index (Phi) is 8.84. The summed E-state index contributed by atoms with van der Waals surface area (Å²) in [6, 6.07) is 4.74. The first-order chi connectivity index (χ1) is 12.0. The highest BCUT2D eigenvalue weighted by molar-refractivity contribution is 5.95. The second kappa shape index (κ2) is 10.9. The number of rotatable bonds is 9. The highest BCUT2D eigenvalue weighted by Gasteiger charge is 2.11. The maximum absolute atomic E-state index is 11.7. The summed E-state index contributed by atoms with van der Waals surface area (Å²) in [5, 5.41) is 4.56. The lowest BCUT2D eigenvalue weighted by atomic mass is 10.1. The smallest absolute Gasteiger partial charge is 0.321 e. The molecule has 0 spiro atoms. The second-order valence-corrected chi connectivity index (χ2v) is 5.15. The number of ether oxygens (including phenoxy) is 3. The number of methoxy groups -OCH3 is 2. The van der Waals surface area contributed by atoms with Crippen molar-refractivity contribution in [1.29, 1.82) is 0 Å². The van der Waals surface area contributed by atoms with Crippen molar-refractivity contribution >= 4 is 17.9 Å². The van der Waals surface area contributed by atoms with Gasteiger partial charge in [-0.3, -0.25) is 14.9 Å². The number of hydrogen-bond donors (Lipinski definition) is 2. The van der Waals surface area contributed by atoms with E-state index in [1.54, 1.807) is 19.2 Å². The molecule has 0 saturated heterocycles. The Balaban J connectivity index is 2.35. The van der Waals surface area contributed by atoms with E-state index in [9.17, 15) is 14.4 Å². The van der Waals surface area contributed by atoms with Crippen LogP contribution in [-0.2, 0) is 20.7 Å². The van der Waals surface area contributed by atoms with Gasteiger partial charge in [0.1, 0.15) is 0 Å². The van der Waals surface area contributed by atoms with E-state index < -0.39 is 24.5 Å². The van der Waals surface area contributed by atoms with Gasteiger partial charge in [0.05, 0.1) is 14.2 Å². The van der Waals surface area contributed by atoms with Crippen molar-refractivity contribution in [3.05, 3.63) is 23.8 Å². The summed E-state index contributed by atoms with van der Waals surface area (Å²) in [5.41, 5.74) is 0.873. The number of benzene rings is 1. The van der Waals surface area contributed by atoms with Crippen LogP contribution >= 0.6 is 0 Å². The van der Waals surface area contributed by atoms with Gasteiger partial charge in [0.15, 0.2) is 18.1 Å². The molecule has 0 atom stereocenters. The van der Waals surface area contributed by atoms with Crippen LogP contribution in [0.2, 0.25) is 0 Å². The summed E-state index contributed by atoms with van der Waals surface area (Å²) in [4.78, 5) is 34.4. The Morgan fingerprint density at radius 3 is 2.44 bits per heavy atom. The van der Waals surface area contributed by atoms with Gasteiger partial charge in [0.2, 0.25) is 0 Å². The van der Waals surface area contributed by atoms with Gasteiger partial charge in [-0.2, -0.15) is 0 Å². The number of aryl methyl sites for hydroxylation is 1. The summed E-state index contributed by atoms with van der Waals surface area (Å²) in [5.74, 6) is -0.0235. The molecule has 0 bridgehead atoms. The molecule has 0 aliphatic heterocycles. The van der Waals surface area contributed by atoms with Crippen molar-refractivity contribution in [3.8, 4) is 11.5 Å². The molecule has 138 valence electrons. The van der Waals surface area contributed by atoms with Crippen LogP contribution in [0.15, 0.2) is 18.2 Å². The van der Waals surface area contributed by atoms with Crippen LogP contribution in [0, 0.1) is 0 Å². The van der Waals surface area contributed by atoms with Crippen LogP contribution < -0.4 is 20.1 Å². The van der Waals surface area contributed by atoms with Crippen LogP contribution in [0.5, 0.6) is 11.5 Å². The third kappa shape index (κ3) is 7.56. The lowest BCUT2D eigenvalue weighted by Crippen LogP contribution is -2.41. The van der Waals surface area contributed by atoms with Gasteiger partial charge in [0, 0.05) is 13.0 Å². The minimum absolute atomic E-state index is 0.102. The number of imide groups is 1. The number of nitrogens with one attached hydrogen (secondary N) is 2. The monoisotopic (exact) mass is 352 g/mol. The van der Waals surface area contributed by atoms with E-state index in [4.69, 9.17) is 14.2 Å². The van der Waals surface area contributed by atoms with Crippen LogP contribution in [0.4, 0.5) is 4.79 Å². The van der Waals surface area contributed by atoms with Crippen LogP contribution in [0.1, 0.15) is 25.3 Å². The first kappa shape index (κ1) is 20.3. The molecule has 0 heterocycles. The molecule has 2 N–H and O–H groups in total. The fourth-order valence-corrected chi connectivity index (χ4v) is 1.95. The third-order valence-corrected chi connectivity index (χ3v) is 3.22. The fraction of sp³-hybridized carbons (Fsp3) is 0.471. The average Bonchev–Trinajstić information content (AvgIpc) is 2.62. The second-order valence-electron chi connectivity index (χ2n) is 5.15. The summed E-state index contributed by atoms with van der Waals surface area (Å²) in [7, 11) is 3.08. The van der Waals surface area contributed by atoms with Crippen LogP contribution in [0.25, 0.3) is 0 Å². The molecule has 1 aromatic carbocycles. The SMILES string of the molecule is CCCNC(=O)NC(=O)COC(=O)CCc1ccc(OC)c(OC)c1. The van der Waals surface area contributed by atoms with Gasteiger partial charge in [-0.25, -0.2) is 4.79 Å². The van der Waals surface area contributed by atoms with E-state index in [2.05, 4.69) is 10.6 Å². The van der Waals surface area contributed by atoms with Crippen molar-refractivity contribution in [2.75, 3.05) is 27.4 Å². The Morgan fingerprint density at radius 2 is 1.80 bits per heavy atom. The number of hydrogen-bond acceptors (Lipinski definition) is 6. The maximum Gasteiger partial charge on any atom is 0.321 e. The first-order valence-corrected chi connectivity index (χ1v) is 7.94. The molecular weight excluding hydrogens is 328 g/mol. The molecular formula is C17H24N2O6.